The van der Waals surface area contributed by atoms with Crippen LogP contribution in [-0.2, 0) is 0 Å². The molecule has 7 heteroatoms. The van der Waals surface area contributed by atoms with Gasteiger partial charge in [0.1, 0.15) is 6.20 Å². The van der Waals surface area contributed by atoms with Crippen molar-refractivity contribution in [2.45, 2.75) is 26.2 Å². The Balaban J connectivity index is 2.32. The molecule has 1 atom stereocenters. The Morgan fingerprint density at radius 3 is 3.05 bits per heavy atom. The zero-order valence-corrected chi connectivity index (χ0v) is 11.3. The molecule has 1 aromatic heterocycles. The highest BCUT2D eigenvalue weighted by Crippen LogP contribution is 2.30. The predicted molar refractivity (Wildman–Crippen MR) is 73.5 cm³/mol. The Morgan fingerprint density at radius 1 is 1.63 bits per heavy atom. The van der Waals surface area contributed by atoms with E-state index in [4.69, 9.17) is 0 Å². The van der Waals surface area contributed by atoms with E-state index in [-0.39, 0.29) is 5.69 Å². The summed E-state index contributed by atoms with van der Waals surface area (Å²) in [6.07, 6.45) is 4.61. The lowest BCUT2D eigenvalue weighted by Crippen LogP contribution is -2.36. The van der Waals surface area contributed by atoms with Crippen molar-refractivity contribution in [1.82, 2.24) is 9.97 Å². The fourth-order valence-electron chi connectivity index (χ4n) is 2.44. The summed E-state index contributed by atoms with van der Waals surface area (Å²) in [5.74, 6) is 1.43. The third kappa shape index (κ3) is 2.91. The summed E-state index contributed by atoms with van der Waals surface area (Å²) < 4.78 is 0. The van der Waals surface area contributed by atoms with E-state index >= 15 is 0 Å². The van der Waals surface area contributed by atoms with Crippen LogP contribution in [0.2, 0.25) is 0 Å². The maximum atomic E-state index is 11.1. The van der Waals surface area contributed by atoms with Gasteiger partial charge in [-0.05, 0) is 18.8 Å². The number of nitrogens with zero attached hydrogens (tertiary/aromatic N) is 4. The third-order valence-electron chi connectivity index (χ3n) is 3.57. The molecule has 104 valence electrons. The molecule has 0 aromatic carbocycles. The first-order chi connectivity index (χ1) is 9.15. The summed E-state index contributed by atoms with van der Waals surface area (Å²) in [7, 11) is 1.70. The van der Waals surface area contributed by atoms with Gasteiger partial charge >= 0.3 is 5.69 Å². The van der Waals surface area contributed by atoms with Gasteiger partial charge in [0, 0.05) is 20.1 Å². The molecule has 2 rings (SSSR count). The molecular weight excluding hydrogens is 246 g/mol. The number of anilines is 2. The summed E-state index contributed by atoms with van der Waals surface area (Å²) in [6, 6.07) is 0. The van der Waals surface area contributed by atoms with Crippen molar-refractivity contribution in [2.75, 3.05) is 30.4 Å². The number of piperidine rings is 1. The molecule has 0 aliphatic carbocycles. The van der Waals surface area contributed by atoms with E-state index in [1.54, 1.807) is 7.05 Å². The normalized spacial score (nSPS) is 19.3. The van der Waals surface area contributed by atoms with Crippen LogP contribution in [0.5, 0.6) is 0 Å². The molecule has 1 saturated heterocycles. The fraction of sp³-hybridized carbons (Fsp3) is 0.667. The molecular formula is C12H19N5O2. The topological polar surface area (TPSA) is 84.2 Å². The Kier molecular flexibility index (Phi) is 4.13. The van der Waals surface area contributed by atoms with Gasteiger partial charge in [-0.15, -0.1) is 0 Å². The molecule has 19 heavy (non-hydrogen) atoms. The first kappa shape index (κ1) is 13.5. The van der Waals surface area contributed by atoms with E-state index in [9.17, 15) is 10.1 Å². The van der Waals surface area contributed by atoms with E-state index in [0.717, 1.165) is 25.9 Å². The van der Waals surface area contributed by atoms with Crippen LogP contribution in [0.25, 0.3) is 0 Å². The molecule has 7 nitrogen and oxygen atoms in total. The summed E-state index contributed by atoms with van der Waals surface area (Å²) in [5.41, 5.74) is -0.0178. The molecule has 2 heterocycles. The number of nitro groups is 1. The van der Waals surface area contributed by atoms with Crippen LogP contribution in [0.1, 0.15) is 26.2 Å². The molecule has 1 aliphatic heterocycles. The number of aromatic nitrogens is 2. The number of hydrogen-bond donors (Lipinski definition) is 1. The average molecular weight is 265 g/mol. The van der Waals surface area contributed by atoms with E-state index in [0.29, 0.717) is 17.7 Å². The van der Waals surface area contributed by atoms with Gasteiger partial charge in [0.15, 0.2) is 0 Å². The Morgan fingerprint density at radius 2 is 2.42 bits per heavy atom. The minimum atomic E-state index is -0.412. The average Bonchev–Trinajstić information content (AvgIpc) is 2.46. The van der Waals surface area contributed by atoms with Gasteiger partial charge in [-0.25, -0.2) is 4.98 Å². The lowest BCUT2D eigenvalue weighted by atomic mass is 9.96. The molecule has 1 fully saturated rings. The monoisotopic (exact) mass is 265 g/mol. The second-order valence-electron chi connectivity index (χ2n) is 4.77. The van der Waals surface area contributed by atoms with Crippen molar-refractivity contribution in [2.24, 2.45) is 5.92 Å². The highest BCUT2D eigenvalue weighted by atomic mass is 16.6. The van der Waals surface area contributed by atoms with E-state index in [1.807, 2.05) is 4.90 Å². The van der Waals surface area contributed by atoms with Crippen LogP contribution in [0.15, 0.2) is 6.20 Å². The standard InChI is InChI=1S/C12H19N5O2/c1-3-9-5-4-6-16(8-9)11-10(17(18)19)7-14-12(13-2)15-11/h7,9H,3-6,8H2,1-2H3,(H,13,14,15). The van der Waals surface area contributed by atoms with Crippen molar-refractivity contribution in [3.05, 3.63) is 16.3 Å². The van der Waals surface area contributed by atoms with Gasteiger partial charge in [-0.3, -0.25) is 10.1 Å². The lowest BCUT2D eigenvalue weighted by molar-refractivity contribution is -0.384. The molecule has 1 aliphatic rings. The van der Waals surface area contributed by atoms with Crippen LogP contribution in [-0.4, -0.2) is 35.0 Å². The minimum absolute atomic E-state index is 0.0178. The second-order valence-corrected chi connectivity index (χ2v) is 4.77. The lowest BCUT2D eigenvalue weighted by Gasteiger charge is -2.32. The van der Waals surface area contributed by atoms with E-state index < -0.39 is 4.92 Å². The highest BCUT2D eigenvalue weighted by Gasteiger charge is 2.27. The zero-order chi connectivity index (χ0) is 13.8. The smallest absolute Gasteiger partial charge is 0.329 e. The van der Waals surface area contributed by atoms with Crippen LogP contribution >= 0.6 is 0 Å². The van der Waals surface area contributed by atoms with E-state index in [2.05, 4.69) is 22.2 Å². The molecule has 0 radical (unpaired) electrons. The molecule has 1 N–H and O–H groups in total. The summed E-state index contributed by atoms with van der Waals surface area (Å²) >= 11 is 0. The molecule has 0 bridgehead atoms. The van der Waals surface area contributed by atoms with Crippen LogP contribution in [0.3, 0.4) is 0 Å². The molecule has 1 unspecified atom stereocenters. The first-order valence-electron chi connectivity index (χ1n) is 6.59. The highest BCUT2D eigenvalue weighted by molar-refractivity contribution is 5.59. The summed E-state index contributed by atoms with van der Waals surface area (Å²) in [4.78, 5) is 20.9. The van der Waals surface area contributed by atoms with Crippen molar-refractivity contribution in [3.63, 3.8) is 0 Å². The van der Waals surface area contributed by atoms with Gasteiger partial charge in [0.25, 0.3) is 0 Å². The van der Waals surface area contributed by atoms with Gasteiger partial charge < -0.3 is 10.2 Å². The van der Waals surface area contributed by atoms with Crippen LogP contribution in [0, 0.1) is 16.0 Å². The van der Waals surface area contributed by atoms with Crippen molar-refractivity contribution < 1.29 is 4.92 Å². The fourth-order valence-corrected chi connectivity index (χ4v) is 2.44. The van der Waals surface area contributed by atoms with Crippen LogP contribution < -0.4 is 10.2 Å². The van der Waals surface area contributed by atoms with Crippen molar-refractivity contribution >= 4 is 17.5 Å². The van der Waals surface area contributed by atoms with Gasteiger partial charge in [0.05, 0.1) is 4.92 Å². The summed E-state index contributed by atoms with van der Waals surface area (Å²) in [6.45, 7) is 3.80. The Bertz CT molecular complexity index is 465. The van der Waals surface area contributed by atoms with Crippen LogP contribution in [0.4, 0.5) is 17.5 Å². The molecule has 0 amide bonds. The molecule has 1 aromatic rings. The SMILES string of the molecule is CCC1CCCN(c2nc(NC)ncc2[N+](=O)[O-])C1. The predicted octanol–water partition coefficient (Wildman–Crippen LogP) is 2.05. The molecule has 0 spiro atoms. The first-order valence-corrected chi connectivity index (χ1v) is 6.59. The quantitative estimate of drug-likeness (QED) is 0.662. The van der Waals surface area contributed by atoms with Crippen molar-refractivity contribution in [1.29, 1.82) is 0 Å². The third-order valence-corrected chi connectivity index (χ3v) is 3.57. The van der Waals surface area contributed by atoms with Gasteiger partial charge in [0.2, 0.25) is 11.8 Å². The minimum Gasteiger partial charge on any atom is -0.357 e. The van der Waals surface area contributed by atoms with Crippen molar-refractivity contribution in [3.8, 4) is 0 Å². The number of rotatable bonds is 4. The maximum Gasteiger partial charge on any atom is 0.329 e. The second kappa shape index (κ2) is 5.81. The van der Waals surface area contributed by atoms with Gasteiger partial charge in [-0.2, -0.15) is 4.98 Å². The molecule has 0 saturated carbocycles. The van der Waals surface area contributed by atoms with Gasteiger partial charge in [-0.1, -0.05) is 13.3 Å². The van der Waals surface area contributed by atoms with E-state index in [1.165, 1.54) is 12.6 Å². The Labute approximate surface area is 112 Å². The summed E-state index contributed by atoms with van der Waals surface area (Å²) in [5, 5.41) is 13.9. The number of hydrogen-bond acceptors (Lipinski definition) is 6. The zero-order valence-electron chi connectivity index (χ0n) is 11.3. The number of nitrogens with one attached hydrogen (secondary N) is 1. The Hall–Kier alpha value is -1.92. The largest absolute Gasteiger partial charge is 0.357 e. The maximum absolute atomic E-state index is 11.1.